The molecule has 1 heterocycles. The van der Waals surface area contributed by atoms with Crippen molar-refractivity contribution in [2.24, 2.45) is 0 Å². The van der Waals surface area contributed by atoms with E-state index in [0.29, 0.717) is 33.7 Å². The Labute approximate surface area is 167 Å². The van der Waals surface area contributed by atoms with Crippen LogP contribution in [0.15, 0.2) is 48.8 Å². The Bertz CT molecular complexity index is 993. The van der Waals surface area contributed by atoms with E-state index in [2.05, 4.69) is 20.6 Å². The maximum atomic E-state index is 12.4. The molecule has 0 saturated carbocycles. The van der Waals surface area contributed by atoms with Gasteiger partial charge in [0.25, 0.3) is 5.91 Å². The highest BCUT2D eigenvalue weighted by Gasteiger charge is 2.11. The SMILES string of the molecule is COc1ccc(NC(=O)c2cnc(Nc3ccc(C)c(Cl)c3)nc2)cc1OC. The molecule has 0 aliphatic carbocycles. The van der Waals surface area contributed by atoms with Gasteiger partial charge in [0, 0.05) is 34.9 Å². The van der Waals surface area contributed by atoms with Crippen LogP contribution >= 0.6 is 11.6 Å². The number of benzene rings is 2. The monoisotopic (exact) mass is 398 g/mol. The second kappa shape index (κ2) is 8.58. The van der Waals surface area contributed by atoms with Gasteiger partial charge in [0.15, 0.2) is 11.5 Å². The lowest BCUT2D eigenvalue weighted by atomic mass is 10.2. The minimum atomic E-state index is -0.336. The molecule has 0 bridgehead atoms. The van der Waals surface area contributed by atoms with Gasteiger partial charge in [-0.25, -0.2) is 9.97 Å². The lowest BCUT2D eigenvalue weighted by Crippen LogP contribution is -2.13. The molecule has 2 N–H and O–H groups in total. The van der Waals surface area contributed by atoms with Gasteiger partial charge < -0.3 is 20.1 Å². The zero-order valence-electron chi connectivity index (χ0n) is 15.6. The van der Waals surface area contributed by atoms with Crippen molar-refractivity contribution in [3.05, 3.63) is 64.9 Å². The van der Waals surface area contributed by atoms with E-state index in [9.17, 15) is 4.79 Å². The summed E-state index contributed by atoms with van der Waals surface area (Å²) in [5, 5.41) is 6.47. The molecule has 144 valence electrons. The van der Waals surface area contributed by atoms with Gasteiger partial charge in [-0.05, 0) is 36.8 Å². The summed E-state index contributed by atoms with van der Waals surface area (Å²) < 4.78 is 10.4. The first kappa shape index (κ1) is 19.4. The third-order valence-corrected chi connectivity index (χ3v) is 4.39. The summed E-state index contributed by atoms with van der Waals surface area (Å²) in [4.78, 5) is 20.8. The number of nitrogens with zero attached hydrogens (tertiary/aromatic N) is 2. The van der Waals surface area contributed by atoms with Crippen molar-refractivity contribution >= 4 is 34.8 Å². The number of ether oxygens (including phenoxy) is 2. The Morgan fingerprint density at radius 3 is 2.29 bits per heavy atom. The van der Waals surface area contributed by atoms with Crippen LogP contribution in [0.3, 0.4) is 0 Å². The molecule has 0 unspecified atom stereocenters. The van der Waals surface area contributed by atoms with Crippen molar-refractivity contribution in [3.63, 3.8) is 0 Å². The fourth-order valence-corrected chi connectivity index (χ4v) is 2.61. The normalized spacial score (nSPS) is 10.3. The quantitative estimate of drug-likeness (QED) is 0.638. The van der Waals surface area contributed by atoms with Crippen molar-refractivity contribution in [2.45, 2.75) is 6.92 Å². The number of amides is 1. The molecule has 0 aliphatic rings. The van der Waals surface area contributed by atoms with Crippen LogP contribution in [0.1, 0.15) is 15.9 Å². The van der Waals surface area contributed by atoms with Crippen LogP contribution in [-0.2, 0) is 0 Å². The van der Waals surface area contributed by atoms with Gasteiger partial charge in [0.1, 0.15) is 0 Å². The average Bonchev–Trinajstić information content (AvgIpc) is 2.71. The average molecular weight is 399 g/mol. The van der Waals surface area contributed by atoms with Crippen LogP contribution in [0.5, 0.6) is 11.5 Å². The third-order valence-electron chi connectivity index (χ3n) is 3.98. The molecular weight excluding hydrogens is 380 g/mol. The molecule has 0 aliphatic heterocycles. The molecule has 28 heavy (non-hydrogen) atoms. The maximum absolute atomic E-state index is 12.4. The van der Waals surface area contributed by atoms with Gasteiger partial charge in [-0.3, -0.25) is 4.79 Å². The molecule has 0 radical (unpaired) electrons. The summed E-state index contributed by atoms with van der Waals surface area (Å²) in [5.74, 6) is 1.13. The first-order valence-corrected chi connectivity index (χ1v) is 8.76. The maximum Gasteiger partial charge on any atom is 0.258 e. The molecule has 2 aromatic carbocycles. The number of halogens is 1. The van der Waals surface area contributed by atoms with E-state index in [-0.39, 0.29) is 5.91 Å². The van der Waals surface area contributed by atoms with Crippen molar-refractivity contribution in [1.82, 2.24) is 9.97 Å². The van der Waals surface area contributed by atoms with Crippen molar-refractivity contribution in [3.8, 4) is 11.5 Å². The Hall–Kier alpha value is -3.32. The van der Waals surface area contributed by atoms with Gasteiger partial charge in [0.05, 0.1) is 19.8 Å². The first-order valence-electron chi connectivity index (χ1n) is 8.38. The van der Waals surface area contributed by atoms with Gasteiger partial charge in [-0.1, -0.05) is 17.7 Å². The number of hydrogen-bond donors (Lipinski definition) is 2. The lowest BCUT2D eigenvalue weighted by Gasteiger charge is -2.11. The smallest absolute Gasteiger partial charge is 0.258 e. The molecule has 7 nitrogen and oxygen atoms in total. The molecular formula is C20H19ClN4O3. The summed E-state index contributed by atoms with van der Waals surface area (Å²) in [7, 11) is 3.08. The minimum absolute atomic E-state index is 0.322. The van der Waals surface area contributed by atoms with E-state index < -0.39 is 0 Å². The summed E-state index contributed by atoms with van der Waals surface area (Å²) in [5.41, 5.74) is 2.63. The van der Waals surface area contributed by atoms with Gasteiger partial charge in [0.2, 0.25) is 5.95 Å². The Morgan fingerprint density at radius 1 is 0.964 bits per heavy atom. The summed E-state index contributed by atoms with van der Waals surface area (Å²) >= 11 is 6.11. The molecule has 1 amide bonds. The Morgan fingerprint density at radius 2 is 1.64 bits per heavy atom. The molecule has 0 atom stereocenters. The highest BCUT2D eigenvalue weighted by atomic mass is 35.5. The standard InChI is InChI=1S/C20H19ClN4O3/c1-12-4-5-14(8-16(12)21)25-20-22-10-13(11-23-20)19(26)24-15-6-7-17(27-2)18(9-15)28-3/h4-11H,1-3H3,(H,24,26)(H,22,23,25). The van der Waals surface area contributed by atoms with E-state index in [0.717, 1.165) is 11.3 Å². The third kappa shape index (κ3) is 4.50. The second-order valence-electron chi connectivity index (χ2n) is 5.91. The fourth-order valence-electron chi connectivity index (χ4n) is 2.43. The topological polar surface area (TPSA) is 85.4 Å². The minimum Gasteiger partial charge on any atom is -0.493 e. The Kier molecular flexibility index (Phi) is 5.96. The number of nitrogens with one attached hydrogen (secondary N) is 2. The van der Waals surface area contributed by atoms with Gasteiger partial charge >= 0.3 is 0 Å². The summed E-state index contributed by atoms with van der Waals surface area (Å²) in [6.45, 7) is 1.93. The summed E-state index contributed by atoms with van der Waals surface area (Å²) in [6, 6.07) is 10.7. The van der Waals surface area contributed by atoms with Gasteiger partial charge in [-0.2, -0.15) is 0 Å². The number of carbonyl (C=O) groups is 1. The Balaban J connectivity index is 1.69. The molecule has 0 spiro atoms. The van der Waals surface area contributed by atoms with E-state index >= 15 is 0 Å². The van der Waals surface area contributed by atoms with Crippen LogP contribution in [0.2, 0.25) is 5.02 Å². The second-order valence-corrected chi connectivity index (χ2v) is 6.32. The highest BCUT2D eigenvalue weighted by Crippen LogP contribution is 2.30. The number of aromatic nitrogens is 2. The number of methoxy groups -OCH3 is 2. The molecule has 8 heteroatoms. The molecule has 0 saturated heterocycles. The van der Waals surface area contributed by atoms with Crippen LogP contribution in [0.4, 0.5) is 17.3 Å². The highest BCUT2D eigenvalue weighted by molar-refractivity contribution is 6.31. The fraction of sp³-hybridized carbons (Fsp3) is 0.150. The number of carbonyl (C=O) groups excluding carboxylic acids is 1. The predicted octanol–water partition coefficient (Wildman–Crippen LogP) is 4.45. The van der Waals surface area contributed by atoms with Crippen LogP contribution in [-0.4, -0.2) is 30.1 Å². The number of rotatable bonds is 6. The number of anilines is 3. The zero-order valence-corrected chi connectivity index (χ0v) is 16.4. The van der Waals surface area contributed by atoms with Gasteiger partial charge in [-0.15, -0.1) is 0 Å². The molecule has 3 aromatic rings. The van der Waals surface area contributed by atoms with E-state index in [1.54, 1.807) is 31.4 Å². The first-order chi connectivity index (χ1) is 13.5. The van der Waals surface area contributed by atoms with Crippen LogP contribution in [0.25, 0.3) is 0 Å². The number of hydrogen-bond acceptors (Lipinski definition) is 6. The van der Waals surface area contributed by atoms with Crippen LogP contribution in [0, 0.1) is 6.92 Å². The van der Waals surface area contributed by atoms with E-state index in [4.69, 9.17) is 21.1 Å². The van der Waals surface area contributed by atoms with Crippen molar-refractivity contribution < 1.29 is 14.3 Å². The molecule has 1 aromatic heterocycles. The number of aryl methyl sites for hydroxylation is 1. The molecule has 0 fully saturated rings. The van der Waals surface area contributed by atoms with Crippen molar-refractivity contribution in [2.75, 3.05) is 24.9 Å². The molecule has 3 rings (SSSR count). The van der Waals surface area contributed by atoms with E-state index in [1.807, 2.05) is 19.1 Å². The summed E-state index contributed by atoms with van der Waals surface area (Å²) in [6.07, 6.45) is 2.89. The van der Waals surface area contributed by atoms with Crippen molar-refractivity contribution in [1.29, 1.82) is 0 Å². The van der Waals surface area contributed by atoms with Crippen LogP contribution < -0.4 is 20.1 Å². The van der Waals surface area contributed by atoms with E-state index in [1.165, 1.54) is 19.5 Å². The largest absolute Gasteiger partial charge is 0.493 e. The lowest BCUT2D eigenvalue weighted by molar-refractivity contribution is 0.102. The predicted molar refractivity (Wildman–Crippen MR) is 109 cm³/mol. The zero-order chi connectivity index (χ0) is 20.1.